The largest absolute Gasteiger partial charge is 0.496 e. The molecule has 2 aromatic rings. The maximum atomic E-state index is 12.9. The van der Waals surface area contributed by atoms with Gasteiger partial charge in [0, 0.05) is 31.6 Å². The third-order valence-electron chi connectivity index (χ3n) is 4.54. The quantitative estimate of drug-likeness (QED) is 0.873. The molecule has 7 heteroatoms. The van der Waals surface area contributed by atoms with Gasteiger partial charge in [0.25, 0.3) is 0 Å². The van der Waals surface area contributed by atoms with Crippen molar-refractivity contribution < 1.29 is 17.9 Å². The molecule has 3 rings (SSSR count). The minimum Gasteiger partial charge on any atom is -0.496 e. The molecule has 1 N–H and O–H groups in total. The van der Waals surface area contributed by atoms with E-state index in [9.17, 15) is 13.2 Å². The van der Waals surface area contributed by atoms with E-state index >= 15 is 0 Å². The van der Waals surface area contributed by atoms with Gasteiger partial charge in [-0.25, -0.2) is 8.42 Å². The van der Waals surface area contributed by atoms with Crippen molar-refractivity contribution in [1.82, 2.24) is 4.31 Å². The van der Waals surface area contributed by atoms with Gasteiger partial charge < -0.3 is 10.1 Å². The van der Waals surface area contributed by atoms with Crippen LogP contribution in [0.25, 0.3) is 0 Å². The highest BCUT2D eigenvalue weighted by molar-refractivity contribution is 7.89. The Bertz CT molecular complexity index is 894. The first-order chi connectivity index (χ1) is 12.4. The second kappa shape index (κ2) is 7.47. The van der Waals surface area contributed by atoms with Crippen LogP contribution in [0.3, 0.4) is 0 Å². The van der Waals surface area contributed by atoms with Crippen molar-refractivity contribution in [2.24, 2.45) is 0 Å². The van der Waals surface area contributed by atoms with Crippen molar-refractivity contribution in [3.63, 3.8) is 0 Å². The van der Waals surface area contributed by atoms with Gasteiger partial charge in [0.2, 0.25) is 15.9 Å². The Morgan fingerprint density at radius 3 is 2.50 bits per heavy atom. The van der Waals surface area contributed by atoms with E-state index in [1.807, 2.05) is 24.3 Å². The number of anilines is 1. The monoisotopic (exact) mass is 374 g/mol. The van der Waals surface area contributed by atoms with Crippen molar-refractivity contribution in [1.29, 1.82) is 0 Å². The topological polar surface area (TPSA) is 75.7 Å². The first-order valence-corrected chi connectivity index (χ1v) is 9.86. The molecule has 1 fully saturated rings. The SMILES string of the molecule is COc1ccccc1C1CCN(S(=O)(=O)c2ccc(NC(C)=O)cc2)C1. The molecule has 0 aliphatic carbocycles. The Kier molecular flexibility index (Phi) is 5.29. The number of para-hydroxylation sites is 1. The summed E-state index contributed by atoms with van der Waals surface area (Å²) in [6.07, 6.45) is 0.754. The van der Waals surface area contributed by atoms with Crippen molar-refractivity contribution in [2.75, 3.05) is 25.5 Å². The van der Waals surface area contributed by atoms with Crippen molar-refractivity contribution >= 4 is 21.6 Å². The number of hydrogen-bond donors (Lipinski definition) is 1. The number of sulfonamides is 1. The highest BCUT2D eigenvalue weighted by Gasteiger charge is 2.34. The lowest BCUT2D eigenvalue weighted by molar-refractivity contribution is -0.114. The lowest BCUT2D eigenvalue weighted by atomic mass is 9.97. The van der Waals surface area contributed by atoms with E-state index in [4.69, 9.17) is 4.74 Å². The molecule has 0 saturated carbocycles. The van der Waals surface area contributed by atoms with Crippen LogP contribution in [-0.2, 0) is 14.8 Å². The zero-order valence-corrected chi connectivity index (χ0v) is 15.6. The molecular weight excluding hydrogens is 352 g/mol. The van der Waals surface area contributed by atoms with Gasteiger partial charge in [-0.3, -0.25) is 4.79 Å². The molecule has 1 atom stereocenters. The molecule has 1 aliphatic rings. The molecule has 1 unspecified atom stereocenters. The van der Waals surface area contributed by atoms with Crippen molar-refractivity contribution in [2.45, 2.75) is 24.2 Å². The lowest BCUT2D eigenvalue weighted by Crippen LogP contribution is -2.28. The predicted molar refractivity (Wildman–Crippen MR) is 99.9 cm³/mol. The second-order valence-electron chi connectivity index (χ2n) is 6.30. The van der Waals surface area contributed by atoms with Gasteiger partial charge in [0.05, 0.1) is 12.0 Å². The number of hydrogen-bond acceptors (Lipinski definition) is 4. The molecule has 1 saturated heterocycles. The first kappa shape index (κ1) is 18.4. The summed E-state index contributed by atoms with van der Waals surface area (Å²) in [5.74, 6) is 0.704. The fourth-order valence-electron chi connectivity index (χ4n) is 3.27. The molecule has 1 heterocycles. The summed E-state index contributed by atoms with van der Waals surface area (Å²) >= 11 is 0. The molecule has 6 nitrogen and oxygen atoms in total. The first-order valence-electron chi connectivity index (χ1n) is 8.42. The zero-order chi connectivity index (χ0) is 18.7. The Labute approximate surface area is 153 Å². The van der Waals surface area contributed by atoms with E-state index in [2.05, 4.69) is 5.32 Å². The molecule has 0 spiro atoms. The van der Waals surface area contributed by atoms with Crippen LogP contribution >= 0.6 is 0 Å². The van der Waals surface area contributed by atoms with Gasteiger partial charge in [-0.2, -0.15) is 4.31 Å². The number of carbonyl (C=O) groups excluding carboxylic acids is 1. The van der Waals surface area contributed by atoms with Crippen LogP contribution in [0, 0.1) is 0 Å². The van der Waals surface area contributed by atoms with Crippen LogP contribution in [0.1, 0.15) is 24.8 Å². The number of benzene rings is 2. The van der Waals surface area contributed by atoms with E-state index in [0.717, 1.165) is 17.7 Å². The predicted octanol–water partition coefficient (Wildman–Crippen LogP) is 2.83. The van der Waals surface area contributed by atoms with E-state index < -0.39 is 10.0 Å². The third kappa shape index (κ3) is 3.73. The van der Waals surface area contributed by atoms with Gasteiger partial charge in [-0.1, -0.05) is 18.2 Å². The summed E-state index contributed by atoms with van der Waals surface area (Å²) in [6, 6.07) is 14.0. The van der Waals surface area contributed by atoms with E-state index in [1.165, 1.54) is 23.4 Å². The second-order valence-corrected chi connectivity index (χ2v) is 8.23. The summed E-state index contributed by atoms with van der Waals surface area (Å²) in [4.78, 5) is 11.3. The van der Waals surface area contributed by atoms with Gasteiger partial charge in [0.15, 0.2) is 0 Å². The Balaban J connectivity index is 1.78. The fraction of sp³-hybridized carbons (Fsp3) is 0.316. The average molecular weight is 374 g/mol. The highest BCUT2D eigenvalue weighted by Crippen LogP contribution is 2.35. The molecule has 26 heavy (non-hydrogen) atoms. The third-order valence-corrected chi connectivity index (χ3v) is 6.42. The van der Waals surface area contributed by atoms with Gasteiger partial charge in [-0.15, -0.1) is 0 Å². The summed E-state index contributed by atoms with van der Waals surface area (Å²) in [5, 5.41) is 2.63. The van der Waals surface area contributed by atoms with Crippen molar-refractivity contribution in [3.05, 3.63) is 54.1 Å². The van der Waals surface area contributed by atoms with Gasteiger partial charge in [0.1, 0.15) is 5.75 Å². The van der Waals surface area contributed by atoms with Crippen molar-refractivity contribution in [3.8, 4) is 5.75 Å². The minimum absolute atomic E-state index is 0.111. The molecule has 2 aromatic carbocycles. The molecule has 138 valence electrons. The maximum absolute atomic E-state index is 12.9. The number of ether oxygens (including phenoxy) is 1. The van der Waals surface area contributed by atoms with Crippen LogP contribution in [0.2, 0.25) is 0 Å². The van der Waals surface area contributed by atoms with Gasteiger partial charge >= 0.3 is 0 Å². The summed E-state index contributed by atoms with van der Waals surface area (Å²) < 4.78 is 32.7. The molecular formula is C19H22N2O4S. The standard InChI is InChI=1S/C19H22N2O4S/c1-14(22)20-16-7-9-17(10-8-16)26(23,24)21-12-11-15(13-21)18-5-3-4-6-19(18)25-2/h3-10,15H,11-13H2,1-2H3,(H,20,22). The van der Waals surface area contributed by atoms with E-state index in [1.54, 1.807) is 19.2 Å². The maximum Gasteiger partial charge on any atom is 0.243 e. The number of rotatable bonds is 5. The number of nitrogens with one attached hydrogen (secondary N) is 1. The van der Waals surface area contributed by atoms with Crippen LogP contribution in [-0.4, -0.2) is 38.8 Å². The number of methoxy groups -OCH3 is 1. The van der Waals surface area contributed by atoms with E-state index in [-0.39, 0.29) is 16.7 Å². The average Bonchev–Trinajstić information content (AvgIpc) is 3.12. The summed E-state index contributed by atoms with van der Waals surface area (Å²) in [6.45, 7) is 2.31. The Morgan fingerprint density at radius 2 is 1.85 bits per heavy atom. The summed E-state index contributed by atoms with van der Waals surface area (Å²) in [5.41, 5.74) is 1.61. The highest BCUT2D eigenvalue weighted by atomic mass is 32.2. The van der Waals surface area contributed by atoms with Crippen LogP contribution in [0.4, 0.5) is 5.69 Å². The smallest absolute Gasteiger partial charge is 0.243 e. The normalized spacial score (nSPS) is 17.8. The fourth-order valence-corrected chi connectivity index (χ4v) is 4.77. The van der Waals surface area contributed by atoms with Crippen LogP contribution < -0.4 is 10.1 Å². The number of nitrogens with zero attached hydrogens (tertiary/aromatic N) is 1. The molecule has 0 radical (unpaired) electrons. The van der Waals surface area contributed by atoms with Crippen LogP contribution in [0.5, 0.6) is 5.75 Å². The minimum atomic E-state index is -3.56. The zero-order valence-electron chi connectivity index (χ0n) is 14.8. The Hall–Kier alpha value is -2.38. The van der Waals surface area contributed by atoms with Gasteiger partial charge in [-0.05, 0) is 42.3 Å². The summed E-state index contributed by atoms with van der Waals surface area (Å²) in [7, 11) is -1.94. The number of amides is 1. The lowest BCUT2D eigenvalue weighted by Gasteiger charge is -2.18. The Morgan fingerprint density at radius 1 is 1.15 bits per heavy atom. The molecule has 1 aliphatic heterocycles. The molecule has 1 amide bonds. The number of carbonyl (C=O) groups is 1. The molecule has 0 aromatic heterocycles. The van der Waals surface area contributed by atoms with Crippen LogP contribution in [0.15, 0.2) is 53.4 Å². The molecule has 0 bridgehead atoms. The van der Waals surface area contributed by atoms with E-state index in [0.29, 0.717) is 18.8 Å².